The Hall–Kier alpha value is -1.85. The molecule has 8 heteroatoms. The third kappa shape index (κ3) is 3.58. The molecule has 0 fully saturated rings. The lowest BCUT2D eigenvalue weighted by Gasteiger charge is -2.27. The molecule has 1 atom stereocenters. The van der Waals surface area contributed by atoms with Gasteiger partial charge in [-0.2, -0.15) is 5.26 Å². The number of benzene rings is 1. The molecule has 1 aliphatic rings. The summed E-state index contributed by atoms with van der Waals surface area (Å²) in [5.74, 6) is -2.17. The summed E-state index contributed by atoms with van der Waals surface area (Å²) >= 11 is 6.53. The van der Waals surface area contributed by atoms with Crippen molar-refractivity contribution in [1.29, 1.82) is 5.26 Å². The summed E-state index contributed by atoms with van der Waals surface area (Å²) in [5, 5.41) is 9.76. The summed E-state index contributed by atoms with van der Waals surface area (Å²) in [5.41, 5.74) is 6.37. The first-order valence-electron chi connectivity index (χ1n) is 7.35. The number of carbonyl (C=O) groups is 1. The van der Waals surface area contributed by atoms with Gasteiger partial charge in [0.25, 0.3) is 0 Å². The van der Waals surface area contributed by atoms with Crippen LogP contribution in [0, 0.1) is 17.1 Å². The predicted octanol–water partition coefficient (Wildman–Crippen LogP) is 4.13. The van der Waals surface area contributed by atoms with E-state index in [0.29, 0.717) is 10.0 Å². The van der Waals surface area contributed by atoms with E-state index in [4.69, 9.17) is 15.2 Å². The van der Waals surface area contributed by atoms with Crippen molar-refractivity contribution < 1.29 is 18.7 Å². The van der Waals surface area contributed by atoms with Gasteiger partial charge in [0.1, 0.15) is 23.2 Å². The Bertz CT molecular complexity index is 828. The van der Waals surface area contributed by atoms with Crippen LogP contribution >= 0.6 is 31.9 Å². The van der Waals surface area contributed by atoms with Crippen molar-refractivity contribution in [2.24, 2.45) is 5.73 Å². The summed E-state index contributed by atoms with van der Waals surface area (Å²) in [7, 11) is 0. The number of esters is 1. The monoisotopic (exact) mass is 472 g/mol. The molecule has 25 heavy (non-hydrogen) atoms. The molecule has 1 unspecified atom stereocenters. The molecule has 0 amide bonds. The second kappa shape index (κ2) is 8.02. The largest absolute Gasteiger partial charge is 0.463 e. The van der Waals surface area contributed by atoms with Crippen LogP contribution in [0.5, 0.6) is 0 Å². The number of hydrogen-bond acceptors (Lipinski definition) is 5. The Morgan fingerprint density at radius 2 is 2.20 bits per heavy atom. The fourth-order valence-corrected chi connectivity index (χ4v) is 4.00. The van der Waals surface area contributed by atoms with Gasteiger partial charge in [0.15, 0.2) is 0 Å². The lowest BCUT2D eigenvalue weighted by atomic mass is 9.82. The molecule has 0 spiro atoms. The van der Waals surface area contributed by atoms with Gasteiger partial charge in [-0.3, -0.25) is 0 Å². The number of alkyl halides is 1. The van der Waals surface area contributed by atoms with Crippen molar-refractivity contribution in [1.82, 2.24) is 0 Å². The molecule has 0 bridgehead atoms. The van der Waals surface area contributed by atoms with Crippen molar-refractivity contribution >= 4 is 37.8 Å². The summed E-state index contributed by atoms with van der Waals surface area (Å²) in [6.45, 7) is 3.33. The molecule has 1 aliphatic heterocycles. The maximum Gasteiger partial charge on any atom is 0.338 e. The van der Waals surface area contributed by atoms with Crippen molar-refractivity contribution in [3.63, 3.8) is 0 Å². The molecule has 5 nitrogen and oxygen atoms in total. The van der Waals surface area contributed by atoms with Gasteiger partial charge in [0.05, 0.1) is 18.1 Å². The van der Waals surface area contributed by atoms with Crippen LogP contribution in [0.3, 0.4) is 0 Å². The first-order valence-corrected chi connectivity index (χ1v) is 9.26. The number of rotatable bonds is 4. The highest BCUT2D eigenvalue weighted by Gasteiger charge is 2.38. The molecule has 132 valence electrons. The third-order valence-electron chi connectivity index (χ3n) is 3.76. The molecule has 0 aromatic heterocycles. The smallest absolute Gasteiger partial charge is 0.338 e. The number of carbonyl (C=O) groups excluding carboxylic acids is 1. The van der Waals surface area contributed by atoms with Gasteiger partial charge in [0.2, 0.25) is 5.88 Å². The van der Waals surface area contributed by atoms with Gasteiger partial charge < -0.3 is 15.2 Å². The van der Waals surface area contributed by atoms with Crippen molar-refractivity contribution in [2.75, 3.05) is 6.61 Å². The van der Waals surface area contributed by atoms with E-state index in [2.05, 4.69) is 31.9 Å². The number of allylic oxidation sites excluding steroid dienone is 2. The zero-order chi connectivity index (χ0) is 18.7. The average Bonchev–Trinajstić information content (AvgIpc) is 2.55. The number of nitrogens with two attached hydrogens (primary N) is 1. The Kier molecular flexibility index (Phi) is 6.25. The van der Waals surface area contributed by atoms with Crippen LogP contribution in [0.25, 0.3) is 0 Å². The number of hydrogen-bond donors (Lipinski definition) is 1. The first-order chi connectivity index (χ1) is 11.9. The Balaban J connectivity index is 2.74. The lowest BCUT2D eigenvalue weighted by Crippen LogP contribution is -2.26. The standard InChI is InChI=1S/C17H15Br2FN2O3/c1-3-24-17(23)13-8(2)25-16(22)11(7-21)14(13)9-4-5-12(19)10(6-18)15(9)20/h4-5,14H,3,6,22H2,1-2H3. The van der Waals surface area contributed by atoms with E-state index in [9.17, 15) is 10.1 Å². The van der Waals surface area contributed by atoms with Gasteiger partial charge in [-0.05, 0) is 19.9 Å². The van der Waals surface area contributed by atoms with E-state index in [1.165, 1.54) is 13.0 Å². The number of nitrogens with zero attached hydrogens (tertiary/aromatic N) is 1. The summed E-state index contributed by atoms with van der Waals surface area (Å²) in [6, 6.07) is 5.10. The molecule has 2 rings (SSSR count). The van der Waals surface area contributed by atoms with Gasteiger partial charge >= 0.3 is 5.97 Å². The second-order valence-corrected chi connectivity index (χ2v) is 6.59. The summed E-state index contributed by atoms with van der Waals surface area (Å²) in [4.78, 5) is 12.4. The van der Waals surface area contributed by atoms with E-state index in [1.54, 1.807) is 13.0 Å². The normalized spacial score (nSPS) is 17.2. The van der Waals surface area contributed by atoms with E-state index in [1.807, 2.05) is 6.07 Å². The summed E-state index contributed by atoms with van der Waals surface area (Å²) < 4.78 is 26.0. The fourth-order valence-electron chi connectivity index (χ4n) is 2.63. The molecule has 0 aliphatic carbocycles. The van der Waals surface area contributed by atoms with Gasteiger partial charge in [-0.15, -0.1) is 0 Å². The van der Waals surface area contributed by atoms with Crippen LogP contribution in [0.4, 0.5) is 4.39 Å². The third-order valence-corrected chi connectivity index (χ3v) is 5.07. The SMILES string of the molecule is CCOC(=O)C1=C(C)OC(N)=C(C#N)C1c1ccc(Br)c(CBr)c1F. The minimum Gasteiger partial charge on any atom is -0.463 e. The number of nitriles is 1. The van der Waals surface area contributed by atoms with Crippen LogP contribution in [0.15, 0.2) is 39.4 Å². The number of ether oxygens (including phenoxy) is 2. The molecule has 1 aromatic rings. The molecule has 0 saturated carbocycles. The van der Waals surface area contributed by atoms with Crippen molar-refractivity contribution in [3.8, 4) is 6.07 Å². The zero-order valence-electron chi connectivity index (χ0n) is 13.5. The minimum atomic E-state index is -0.997. The molecule has 1 heterocycles. The Morgan fingerprint density at radius 1 is 1.52 bits per heavy atom. The molecular formula is C17H15Br2FN2O3. The molecule has 0 saturated heterocycles. The van der Waals surface area contributed by atoms with E-state index >= 15 is 4.39 Å². The van der Waals surface area contributed by atoms with E-state index < -0.39 is 17.7 Å². The fraction of sp³-hybridized carbons (Fsp3) is 0.294. The number of halogens is 3. The second-order valence-electron chi connectivity index (χ2n) is 5.18. The van der Waals surface area contributed by atoms with Crippen LogP contribution in [-0.4, -0.2) is 12.6 Å². The zero-order valence-corrected chi connectivity index (χ0v) is 16.7. The van der Waals surface area contributed by atoms with E-state index in [0.717, 1.165) is 0 Å². The van der Waals surface area contributed by atoms with Crippen LogP contribution in [-0.2, 0) is 19.6 Å². The van der Waals surface area contributed by atoms with Gasteiger partial charge in [0, 0.05) is 20.9 Å². The quantitative estimate of drug-likeness (QED) is 0.525. The minimum absolute atomic E-state index is 0.0320. The van der Waals surface area contributed by atoms with Gasteiger partial charge in [-0.25, -0.2) is 9.18 Å². The van der Waals surface area contributed by atoms with Crippen molar-refractivity contribution in [3.05, 3.63) is 56.3 Å². The van der Waals surface area contributed by atoms with Gasteiger partial charge in [-0.1, -0.05) is 37.9 Å². The maximum absolute atomic E-state index is 15.1. The highest BCUT2D eigenvalue weighted by atomic mass is 79.9. The Morgan fingerprint density at radius 3 is 2.76 bits per heavy atom. The topological polar surface area (TPSA) is 85.3 Å². The first kappa shape index (κ1) is 19.5. The average molecular weight is 474 g/mol. The maximum atomic E-state index is 15.1. The highest BCUT2D eigenvalue weighted by Crippen LogP contribution is 2.42. The predicted molar refractivity (Wildman–Crippen MR) is 96.7 cm³/mol. The summed E-state index contributed by atoms with van der Waals surface area (Å²) in [6.07, 6.45) is 0. The lowest BCUT2D eigenvalue weighted by molar-refractivity contribution is -0.139. The molecule has 1 aromatic carbocycles. The highest BCUT2D eigenvalue weighted by molar-refractivity contribution is 9.10. The Labute approximate surface area is 161 Å². The molecule has 0 radical (unpaired) electrons. The van der Waals surface area contributed by atoms with Crippen LogP contribution in [0.2, 0.25) is 0 Å². The molecular weight excluding hydrogens is 459 g/mol. The van der Waals surface area contributed by atoms with E-state index in [-0.39, 0.29) is 40.3 Å². The van der Waals surface area contributed by atoms with Crippen molar-refractivity contribution in [2.45, 2.75) is 25.1 Å². The van der Waals surface area contributed by atoms with Crippen LogP contribution < -0.4 is 5.73 Å². The van der Waals surface area contributed by atoms with Crippen LogP contribution in [0.1, 0.15) is 30.9 Å². The molecule has 2 N–H and O–H groups in total.